The quantitative estimate of drug-likeness (QED) is 0.750. The predicted octanol–water partition coefficient (Wildman–Crippen LogP) is 3.48. The SMILES string of the molecule is O=C(COc1ccc(F)c(Cl)c1)NCc1cn2cc(Cl)ccc2n1. The third-order valence-electron chi connectivity index (χ3n) is 3.19. The van der Waals surface area contributed by atoms with Crippen LogP contribution in [0.2, 0.25) is 10.0 Å². The highest BCUT2D eigenvalue weighted by molar-refractivity contribution is 6.31. The number of aromatic nitrogens is 2. The first kappa shape index (κ1) is 16.5. The normalized spacial score (nSPS) is 10.8. The van der Waals surface area contributed by atoms with E-state index in [9.17, 15) is 9.18 Å². The number of carbonyl (C=O) groups excluding carboxylic acids is 1. The summed E-state index contributed by atoms with van der Waals surface area (Å²) < 4.78 is 20.1. The zero-order valence-electron chi connectivity index (χ0n) is 12.3. The van der Waals surface area contributed by atoms with Gasteiger partial charge in [-0.3, -0.25) is 4.79 Å². The lowest BCUT2D eigenvalue weighted by molar-refractivity contribution is -0.123. The van der Waals surface area contributed by atoms with E-state index in [0.717, 1.165) is 5.65 Å². The molecule has 0 saturated carbocycles. The van der Waals surface area contributed by atoms with Crippen molar-refractivity contribution in [2.45, 2.75) is 6.54 Å². The first-order valence-electron chi connectivity index (χ1n) is 6.99. The fourth-order valence-electron chi connectivity index (χ4n) is 2.06. The summed E-state index contributed by atoms with van der Waals surface area (Å²) in [5, 5.41) is 3.23. The molecule has 0 saturated heterocycles. The van der Waals surface area contributed by atoms with Crippen molar-refractivity contribution >= 4 is 34.8 Å². The number of ether oxygens (including phenoxy) is 1. The predicted molar refractivity (Wildman–Crippen MR) is 89.0 cm³/mol. The minimum Gasteiger partial charge on any atom is -0.484 e. The van der Waals surface area contributed by atoms with Crippen LogP contribution in [0.1, 0.15) is 5.69 Å². The Bertz CT molecular complexity index is 898. The zero-order valence-corrected chi connectivity index (χ0v) is 13.8. The van der Waals surface area contributed by atoms with E-state index in [0.29, 0.717) is 16.5 Å². The number of nitrogens with zero attached hydrogens (tertiary/aromatic N) is 2. The number of imidazole rings is 1. The number of rotatable bonds is 5. The highest BCUT2D eigenvalue weighted by Crippen LogP contribution is 2.20. The van der Waals surface area contributed by atoms with Crippen LogP contribution in [0.5, 0.6) is 5.75 Å². The molecule has 0 fully saturated rings. The lowest BCUT2D eigenvalue weighted by atomic mass is 10.3. The first-order chi connectivity index (χ1) is 11.5. The Balaban J connectivity index is 1.53. The van der Waals surface area contributed by atoms with E-state index in [1.54, 1.807) is 28.9 Å². The van der Waals surface area contributed by atoms with Crippen molar-refractivity contribution in [2.24, 2.45) is 0 Å². The maximum absolute atomic E-state index is 13.0. The minimum atomic E-state index is -0.541. The van der Waals surface area contributed by atoms with Crippen LogP contribution in [-0.2, 0) is 11.3 Å². The second-order valence-corrected chi connectivity index (χ2v) is 5.83. The summed E-state index contributed by atoms with van der Waals surface area (Å²) >= 11 is 11.6. The average Bonchev–Trinajstić information content (AvgIpc) is 2.96. The highest BCUT2D eigenvalue weighted by atomic mass is 35.5. The van der Waals surface area contributed by atoms with E-state index in [4.69, 9.17) is 27.9 Å². The van der Waals surface area contributed by atoms with Crippen LogP contribution in [0, 0.1) is 5.82 Å². The number of pyridine rings is 1. The first-order valence-corrected chi connectivity index (χ1v) is 7.74. The van der Waals surface area contributed by atoms with Crippen LogP contribution in [0.15, 0.2) is 42.7 Å². The van der Waals surface area contributed by atoms with Crippen LogP contribution in [-0.4, -0.2) is 21.9 Å². The molecule has 0 bridgehead atoms. The van der Waals surface area contributed by atoms with Crippen LogP contribution < -0.4 is 10.1 Å². The Hall–Kier alpha value is -2.31. The van der Waals surface area contributed by atoms with Gasteiger partial charge in [0.05, 0.1) is 22.3 Å². The van der Waals surface area contributed by atoms with Crippen molar-refractivity contribution in [3.63, 3.8) is 0 Å². The van der Waals surface area contributed by atoms with Gasteiger partial charge in [0.2, 0.25) is 0 Å². The summed E-state index contributed by atoms with van der Waals surface area (Å²) in [4.78, 5) is 16.2. The second-order valence-electron chi connectivity index (χ2n) is 4.99. The van der Waals surface area contributed by atoms with Gasteiger partial charge in [-0.1, -0.05) is 23.2 Å². The van der Waals surface area contributed by atoms with Crippen LogP contribution in [0.4, 0.5) is 4.39 Å². The van der Waals surface area contributed by atoms with Gasteiger partial charge < -0.3 is 14.5 Å². The van der Waals surface area contributed by atoms with Crippen molar-refractivity contribution in [1.29, 1.82) is 0 Å². The maximum Gasteiger partial charge on any atom is 0.258 e. The summed E-state index contributed by atoms with van der Waals surface area (Å²) in [5.74, 6) is -0.551. The highest BCUT2D eigenvalue weighted by Gasteiger charge is 2.07. The van der Waals surface area contributed by atoms with Crippen LogP contribution >= 0.6 is 23.2 Å². The number of hydrogen-bond acceptors (Lipinski definition) is 3. The van der Waals surface area contributed by atoms with Gasteiger partial charge in [0, 0.05) is 18.5 Å². The molecule has 0 atom stereocenters. The summed E-state index contributed by atoms with van der Waals surface area (Å²) in [6.45, 7) is 0.0484. The maximum atomic E-state index is 13.0. The molecule has 0 spiro atoms. The molecular weight excluding hydrogens is 356 g/mol. The molecule has 8 heteroatoms. The summed E-state index contributed by atoms with van der Waals surface area (Å²) in [5.41, 5.74) is 1.43. The van der Waals surface area contributed by atoms with Crippen molar-refractivity contribution in [2.75, 3.05) is 6.61 Å². The Morgan fingerprint density at radius 3 is 2.88 bits per heavy atom. The molecule has 0 aliphatic carbocycles. The molecule has 3 aromatic rings. The molecule has 1 amide bonds. The third-order valence-corrected chi connectivity index (χ3v) is 3.71. The van der Waals surface area contributed by atoms with E-state index in [1.165, 1.54) is 18.2 Å². The molecule has 24 heavy (non-hydrogen) atoms. The molecule has 1 N–H and O–H groups in total. The largest absolute Gasteiger partial charge is 0.484 e. The summed E-state index contributed by atoms with van der Waals surface area (Å²) in [7, 11) is 0. The smallest absolute Gasteiger partial charge is 0.258 e. The number of amides is 1. The zero-order chi connectivity index (χ0) is 17.1. The Labute approximate surface area is 147 Å². The number of nitrogens with one attached hydrogen (secondary N) is 1. The van der Waals surface area contributed by atoms with E-state index in [2.05, 4.69) is 10.3 Å². The van der Waals surface area contributed by atoms with Gasteiger partial charge in [-0.2, -0.15) is 0 Å². The number of halogens is 3. The Kier molecular flexibility index (Phi) is 4.87. The van der Waals surface area contributed by atoms with E-state index < -0.39 is 5.82 Å². The van der Waals surface area contributed by atoms with Gasteiger partial charge in [-0.15, -0.1) is 0 Å². The molecule has 1 aromatic carbocycles. The van der Waals surface area contributed by atoms with Gasteiger partial charge in [0.1, 0.15) is 17.2 Å². The molecule has 2 heterocycles. The standard InChI is InChI=1S/C16H12Cl2FN3O2/c17-10-1-4-15-21-11(8-22(15)7-10)6-20-16(23)9-24-12-2-3-14(19)13(18)5-12/h1-5,7-8H,6,9H2,(H,20,23). The number of hydrogen-bond donors (Lipinski definition) is 1. The molecule has 0 unspecified atom stereocenters. The molecule has 2 aromatic heterocycles. The third kappa shape index (κ3) is 3.96. The number of carbonyl (C=O) groups is 1. The molecule has 5 nitrogen and oxygen atoms in total. The van der Waals surface area contributed by atoms with Crippen LogP contribution in [0.3, 0.4) is 0 Å². The van der Waals surface area contributed by atoms with Crippen molar-refractivity contribution < 1.29 is 13.9 Å². The van der Waals surface area contributed by atoms with Gasteiger partial charge in [-0.05, 0) is 24.3 Å². The van der Waals surface area contributed by atoms with Crippen molar-refractivity contribution in [1.82, 2.24) is 14.7 Å². The fourth-order valence-corrected chi connectivity index (χ4v) is 2.40. The molecule has 124 valence electrons. The van der Waals surface area contributed by atoms with E-state index in [1.807, 2.05) is 0 Å². The lowest BCUT2D eigenvalue weighted by Gasteiger charge is -2.07. The Morgan fingerprint density at radius 1 is 1.25 bits per heavy atom. The fraction of sp³-hybridized carbons (Fsp3) is 0.125. The van der Waals surface area contributed by atoms with E-state index in [-0.39, 0.29) is 24.1 Å². The van der Waals surface area contributed by atoms with Gasteiger partial charge in [0.15, 0.2) is 6.61 Å². The second kappa shape index (κ2) is 7.07. The molecule has 0 aliphatic rings. The lowest BCUT2D eigenvalue weighted by Crippen LogP contribution is -2.28. The molecule has 3 rings (SSSR count). The molecule has 0 aliphatic heterocycles. The van der Waals surface area contributed by atoms with Crippen molar-refractivity contribution in [3.05, 3.63) is 64.3 Å². The van der Waals surface area contributed by atoms with Gasteiger partial charge >= 0.3 is 0 Å². The minimum absolute atomic E-state index is 0.0590. The number of fused-ring (bicyclic) bond motifs is 1. The van der Waals surface area contributed by atoms with Gasteiger partial charge in [-0.25, -0.2) is 9.37 Å². The van der Waals surface area contributed by atoms with Gasteiger partial charge in [0.25, 0.3) is 5.91 Å². The van der Waals surface area contributed by atoms with Crippen molar-refractivity contribution in [3.8, 4) is 5.75 Å². The molecular formula is C16H12Cl2FN3O2. The monoisotopic (exact) mass is 367 g/mol. The average molecular weight is 368 g/mol. The summed E-state index contributed by atoms with van der Waals surface area (Å²) in [6.07, 6.45) is 3.51. The topological polar surface area (TPSA) is 55.6 Å². The number of benzene rings is 1. The summed E-state index contributed by atoms with van der Waals surface area (Å²) in [6, 6.07) is 7.43. The van der Waals surface area contributed by atoms with E-state index >= 15 is 0 Å². The molecule has 0 radical (unpaired) electrons. The Morgan fingerprint density at radius 2 is 2.08 bits per heavy atom. The van der Waals surface area contributed by atoms with Crippen LogP contribution in [0.25, 0.3) is 5.65 Å².